The third-order valence-corrected chi connectivity index (χ3v) is 6.49. The number of sulfone groups is 1. The number of hydrogen-bond acceptors (Lipinski definition) is 4. The normalized spacial score (nSPS) is 25.7. The number of benzene rings is 1. The molecule has 2 aliphatic rings. The molecule has 2 amide bonds. The minimum Gasteiger partial charge on any atom is -0.331 e. The molecule has 1 aromatic carbocycles. The lowest BCUT2D eigenvalue weighted by Crippen LogP contribution is -2.61. The molecule has 0 radical (unpaired) electrons. The van der Waals surface area contributed by atoms with Gasteiger partial charge in [-0.3, -0.25) is 4.90 Å². The number of carbonyl (C=O) groups excluding carboxylic acids is 1. The smallest absolute Gasteiger partial charge is 0.319 e. The van der Waals surface area contributed by atoms with Crippen molar-refractivity contribution in [2.75, 3.05) is 38.7 Å². The van der Waals surface area contributed by atoms with Crippen LogP contribution in [0.5, 0.6) is 0 Å². The predicted octanol–water partition coefficient (Wildman–Crippen LogP) is 0.930. The Morgan fingerprint density at radius 2 is 1.84 bits per heavy atom. The minimum absolute atomic E-state index is 0.0292. The van der Waals surface area contributed by atoms with Gasteiger partial charge in [0.2, 0.25) is 0 Å². The summed E-state index contributed by atoms with van der Waals surface area (Å²) in [6, 6.07) is 2.73. The molecule has 2 saturated heterocycles. The van der Waals surface area contributed by atoms with Crippen molar-refractivity contribution in [1.82, 2.24) is 14.7 Å². The fourth-order valence-corrected chi connectivity index (χ4v) is 5.60. The molecule has 2 fully saturated rings. The molecule has 0 saturated carbocycles. The van der Waals surface area contributed by atoms with Gasteiger partial charge in [0.05, 0.1) is 17.5 Å². The number of halogens is 2. The number of fused-ring (bicyclic) bond motifs is 1. The molecular weight excluding hydrogens is 352 g/mol. The SMILES string of the molecule is CN(C)C(=O)N1CCN(Cc2ccc(F)c(F)c2)C2CS(=O)(=O)CC21. The molecule has 6 nitrogen and oxygen atoms in total. The van der Waals surface area contributed by atoms with Gasteiger partial charge >= 0.3 is 6.03 Å². The molecule has 2 unspecified atom stereocenters. The summed E-state index contributed by atoms with van der Waals surface area (Å²) in [5.74, 6) is -1.93. The van der Waals surface area contributed by atoms with Gasteiger partial charge in [-0.15, -0.1) is 0 Å². The van der Waals surface area contributed by atoms with Crippen LogP contribution in [0.1, 0.15) is 5.56 Å². The number of carbonyl (C=O) groups is 1. The molecule has 0 aliphatic carbocycles. The van der Waals surface area contributed by atoms with Crippen molar-refractivity contribution < 1.29 is 22.0 Å². The number of urea groups is 1. The van der Waals surface area contributed by atoms with Gasteiger partial charge < -0.3 is 9.80 Å². The quantitative estimate of drug-likeness (QED) is 0.774. The number of nitrogens with zero attached hydrogens (tertiary/aromatic N) is 3. The Balaban J connectivity index is 1.83. The van der Waals surface area contributed by atoms with E-state index in [1.54, 1.807) is 19.0 Å². The van der Waals surface area contributed by atoms with Crippen molar-refractivity contribution in [3.8, 4) is 0 Å². The van der Waals surface area contributed by atoms with E-state index in [0.29, 0.717) is 25.2 Å². The van der Waals surface area contributed by atoms with Crippen molar-refractivity contribution in [3.63, 3.8) is 0 Å². The summed E-state index contributed by atoms with van der Waals surface area (Å²) in [5.41, 5.74) is 0.578. The lowest BCUT2D eigenvalue weighted by atomic mass is 10.0. The van der Waals surface area contributed by atoms with Crippen molar-refractivity contribution in [3.05, 3.63) is 35.4 Å². The van der Waals surface area contributed by atoms with Crippen molar-refractivity contribution in [2.45, 2.75) is 18.6 Å². The number of piperazine rings is 1. The second-order valence-electron chi connectivity index (χ2n) is 6.80. The van der Waals surface area contributed by atoms with E-state index in [-0.39, 0.29) is 23.6 Å². The highest BCUT2D eigenvalue weighted by atomic mass is 32.2. The number of hydrogen-bond donors (Lipinski definition) is 0. The maximum atomic E-state index is 13.4. The summed E-state index contributed by atoms with van der Waals surface area (Å²) >= 11 is 0. The van der Waals surface area contributed by atoms with E-state index < -0.39 is 27.5 Å². The highest BCUT2D eigenvalue weighted by molar-refractivity contribution is 7.91. The van der Waals surface area contributed by atoms with E-state index in [1.165, 1.54) is 11.0 Å². The van der Waals surface area contributed by atoms with Crippen LogP contribution in [-0.2, 0) is 16.4 Å². The topological polar surface area (TPSA) is 60.9 Å². The average molecular weight is 373 g/mol. The largest absolute Gasteiger partial charge is 0.331 e. The van der Waals surface area contributed by atoms with Crippen LogP contribution in [-0.4, -0.2) is 79.9 Å². The molecule has 2 heterocycles. The van der Waals surface area contributed by atoms with Gasteiger partial charge in [0.25, 0.3) is 0 Å². The van der Waals surface area contributed by atoms with Gasteiger partial charge in [0, 0.05) is 39.8 Å². The predicted molar refractivity (Wildman–Crippen MR) is 88.8 cm³/mol. The molecule has 9 heteroatoms. The van der Waals surface area contributed by atoms with E-state index in [4.69, 9.17) is 0 Å². The van der Waals surface area contributed by atoms with E-state index >= 15 is 0 Å². The van der Waals surface area contributed by atoms with Gasteiger partial charge in [-0.1, -0.05) is 6.07 Å². The first-order valence-electron chi connectivity index (χ1n) is 8.04. The molecular formula is C16H21F2N3O3S. The lowest BCUT2D eigenvalue weighted by molar-refractivity contribution is 0.0520. The highest BCUT2D eigenvalue weighted by Crippen LogP contribution is 2.29. The molecule has 0 spiro atoms. The van der Waals surface area contributed by atoms with E-state index in [9.17, 15) is 22.0 Å². The molecule has 2 atom stereocenters. The maximum absolute atomic E-state index is 13.4. The van der Waals surface area contributed by atoms with Crippen LogP contribution in [0.25, 0.3) is 0 Å². The molecule has 0 N–H and O–H groups in total. The van der Waals surface area contributed by atoms with E-state index in [1.807, 2.05) is 4.90 Å². The van der Waals surface area contributed by atoms with Crippen molar-refractivity contribution in [2.24, 2.45) is 0 Å². The molecule has 0 aromatic heterocycles. The molecule has 3 rings (SSSR count). The summed E-state index contributed by atoms with van der Waals surface area (Å²) in [7, 11) is 0.0176. The first-order valence-corrected chi connectivity index (χ1v) is 9.86. The zero-order chi connectivity index (χ0) is 18.4. The summed E-state index contributed by atoms with van der Waals surface area (Å²) in [5, 5.41) is 0. The maximum Gasteiger partial charge on any atom is 0.319 e. The average Bonchev–Trinajstić information content (AvgIpc) is 2.86. The summed E-state index contributed by atoms with van der Waals surface area (Å²) in [4.78, 5) is 17.3. The monoisotopic (exact) mass is 373 g/mol. The van der Waals surface area contributed by atoms with Gasteiger partial charge in [0.15, 0.2) is 21.5 Å². The van der Waals surface area contributed by atoms with Crippen LogP contribution in [0.2, 0.25) is 0 Å². The van der Waals surface area contributed by atoms with Gasteiger partial charge in [-0.05, 0) is 17.7 Å². The Morgan fingerprint density at radius 1 is 1.16 bits per heavy atom. The van der Waals surface area contributed by atoms with Crippen molar-refractivity contribution in [1.29, 1.82) is 0 Å². The standard InChI is InChI=1S/C16H21F2N3O3S/c1-19(2)16(22)21-6-5-20(14-9-25(23,24)10-15(14)21)8-11-3-4-12(17)13(18)7-11/h3-4,7,14-15H,5-6,8-10H2,1-2H3. The zero-order valence-corrected chi connectivity index (χ0v) is 15.0. The van der Waals surface area contributed by atoms with Crippen LogP contribution in [0.15, 0.2) is 18.2 Å². The second-order valence-corrected chi connectivity index (χ2v) is 8.95. The van der Waals surface area contributed by atoms with Crippen LogP contribution in [0.3, 0.4) is 0 Å². The van der Waals surface area contributed by atoms with Crippen LogP contribution in [0, 0.1) is 11.6 Å². The fraction of sp³-hybridized carbons (Fsp3) is 0.562. The van der Waals surface area contributed by atoms with Crippen LogP contribution >= 0.6 is 0 Å². The Hall–Kier alpha value is -1.74. The minimum atomic E-state index is -3.25. The Labute approximate surface area is 145 Å². The zero-order valence-electron chi connectivity index (χ0n) is 14.2. The van der Waals surface area contributed by atoms with Crippen LogP contribution in [0.4, 0.5) is 13.6 Å². The number of rotatable bonds is 2. The Morgan fingerprint density at radius 3 is 2.48 bits per heavy atom. The van der Waals surface area contributed by atoms with E-state index in [2.05, 4.69) is 0 Å². The van der Waals surface area contributed by atoms with E-state index in [0.717, 1.165) is 12.1 Å². The third kappa shape index (κ3) is 3.62. The van der Waals surface area contributed by atoms with Crippen LogP contribution < -0.4 is 0 Å². The highest BCUT2D eigenvalue weighted by Gasteiger charge is 2.48. The second kappa shape index (κ2) is 6.53. The first-order chi connectivity index (χ1) is 11.7. The fourth-order valence-electron chi connectivity index (χ4n) is 3.59. The Kier molecular flexibility index (Phi) is 4.72. The van der Waals surface area contributed by atoms with Gasteiger partial charge in [0.1, 0.15) is 0 Å². The number of amides is 2. The molecule has 1 aromatic rings. The molecule has 0 bridgehead atoms. The third-order valence-electron chi connectivity index (χ3n) is 4.79. The summed E-state index contributed by atoms with van der Waals surface area (Å²) in [6.07, 6.45) is 0. The molecule has 138 valence electrons. The lowest BCUT2D eigenvalue weighted by Gasteiger charge is -2.44. The first kappa shape index (κ1) is 18.1. The summed E-state index contributed by atoms with van der Waals surface area (Å²) in [6.45, 7) is 1.20. The Bertz CT molecular complexity index is 785. The van der Waals surface area contributed by atoms with Gasteiger partial charge in [-0.25, -0.2) is 22.0 Å². The van der Waals surface area contributed by atoms with Gasteiger partial charge in [-0.2, -0.15) is 0 Å². The molecule has 2 aliphatic heterocycles. The van der Waals surface area contributed by atoms with Crippen molar-refractivity contribution >= 4 is 15.9 Å². The summed E-state index contributed by atoms with van der Waals surface area (Å²) < 4.78 is 50.8. The molecule has 25 heavy (non-hydrogen) atoms.